The van der Waals surface area contributed by atoms with Gasteiger partial charge in [-0.25, -0.2) is 17.1 Å². The van der Waals surface area contributed by atoms with Gasteiger partial charge < -0.3 is 5.32 Å². The molecule has 1 aliphatic rings. The first-order chi connectivity index (χ1) is 9.01. The van der Waals surface area contributed by atoms with E-state index in [0.29, 0.717) is 18.7 Å². The van der Waals surface area contributed by atoms with Crippen LogP contribution in [0.5, 0.6) is 0 Å². The number of likely N-dealkylation sites (N-methyl/N-ethyl adjacent to an activating group) is 1. The van der Waals surface area contributed by atoms with Crippen LogP contribution in [0.2, 0.25) is 0 Å². The van der Waals surface area contributed by atoms with Crippen molar-refractivity contribution in [2.45, 2.75) is 24.6 Å². The average Bonchev–Trinajstić information content (AvgIpc) is 2.38. The molecule has 0 aliphatic carbocycles. The fourth-order valence-electron chi connectivity index (χ4n) is 2.36. The van der Waals surface area contributed by atoms with Crippen LogP contribution in [0.25, 0.3) is 0 Å². The average molecular weight is 323 g/mol. The van der Waals surface area contributed by atoms with Crippen molar-refractivity contribution in [3.8, 4) is 0 Å². The number of nitrogens with zero attached hydrogens (tertiary/aromatic N) is 1. The summed E-state index contributed by atoms with van der Waals surface area (Å²) in [6, 6.07) is 5.97. The first-order valence-corrected chi connectivity index (χ1v) is 8.02. The maximum atomic E-state index is 13.1. The van der Waals surface area contributed by atoms with Gasteiger partial charge >= 0.3 is 0 Å². The summed E-state index contributed by atoms with van der Waals surface area (Å²) >= 11 is 0. The maximum Gasteiger partial charge on any atom is 0.218 e. The monoisotopic (exact) mass is 322 g/mol. The van der Waals surface area contributed by atoms with Gasteiger partial charge in [0.25, 0.3) is 0 Å². The van der Waals surface area contributed by atoms with Crippen LogP contribution in [0.3, 0.4) is 0 Å². The Morgan fingerprint density at radius 2 is 2.20 bits per heavy atom. The lowest BCUT2D eigenvalue weighted by Crippen LogP contribution is -2.47. The minimum atomic E-state index is -3.37. The van der Waals surface area contributed by atoms with Crippen molar-refractivity contribution in [2.75, 3.05) is 20.1 Å². The summed E-state index contributed by atoms with van der Waals surface area (Å²) in [6.07, 6.45) is 1.84. The van der Waals surface area contributed by atoms with Gasteiger partial charge in [-0.2, -0.15) is 0 Å². The lowest BCUT2D eigenvalue weighted by atomic mass is 10.1. The summed E-state index contributed by atoms with van der Waals surface area (Å²) < 4.78 is 39.2. The van der Waals surface area contributed by atoms with E-state index in [1.807, 2.05) is 7.05 Å². The van der Waals surface area contributed by atoms with E-state index >= 15 is 0 Å². The number of rotatable bonds is 4. The molecule has 1 aliphatic heterocycles. The third-order valence-corrected chi connectivity index (χ3v) is 5.24. The largest absolute Gasteiger partial charge is 0.316 e. The van der Waals surface area contributed by atoms with Gasteiger partial charge in [0.2, 0.25) is 10.0 Å². The summed E-state index contributed by atoms with van der Waals surface area (Å²) in [5.41, 5.74) is 0.492. The van der Waals surface area contributed by atoms with Gasteiger partial charge in [0, 0.05) is 19.1 Å². The van der Waals surface area contributed by atoms with Gasteiger partial charge in [0.15, 0.2) is 0 Å². The normalized spacial score (nSPS) is 20.4. The van der Waals surface area contributed by atoms with E-state index in [0.717, 1.165) is 12.8 Å². The van der Waals surface area contributed by atoms with Crippen LogP contribution in [0.15, 0.2) is 24.3 Å². The number of benzene rings is 1. The van der Waals surface area contributed by atoms with Crippen molar-refractivity contribution in [3.63, 3.8) is 0 Å². The number of sulfonamides is 1. The molecule has 1 aromatic rings. The Hall–Kier alpha value is -0.690. The van der Waals surface area contributed by atoms with Crippen LogP contribution in [-0.4, -0.2) is 38.9 Å². The molecule has 114 valence electrons. The standard InChI is InChI=1S/C13H19FN2O2S.ClH/c1-15-13-6-3-7-16(9-13)19(17,18)10-11-4-2-5-12(14)8-11;/h2,4-5,8,13,15H,3,6-7,9-10H2,1H3;1H. The lowest BCUT2D eigenvalue weighted by molar-refractivity contribution is 0.292. The Morgan fingerprint density at radius 1 is 1.45 bits per heavy atom. The second-order valence-corrected chi connectivity index (χ2v) is 6.84. The first kappa shape index (κ1) is 17.4. The van der Waals surface area contributed by atoms with Gasteiger partial charge in [-0.15, -0.1) is 12.4 Å². The third kappa shape index (κ3) is 4.41. The van der Waals surface area contributed by atoms with Gasteiger partial charge in [-0.05, 0) is 37.6 Å². The van der Waals surface area contributed by atoms with Gasteiger partial charge in [0.05, 0.1) is 5.75 Å². The molecule has 0 bridgehead atoms. The van der Waals surface area contributed by atoms with Crippen molar-refractivity contribution in [3.05, 3.63) is 35.6 Å². The highest BCUT2D eigenvalue weighted by Crippen LogP contribution is 2.17. The topological polar surface area (TPSA) is 49.4 Å². The van der Waals surface area contributed by atoms with Crippen LogP contribution in [0.1, 0.15) is 18.4 Å². The molecule has 7 heteroatoms. The van der Waals surface area contributed by atoms with Crippen LogP contribution in [-0.2, 0) is 15.8 Å². The van der Waals surface area contributed by atoms with Gasteiger partial charge in [-0.3, -0.25) is 0 Å². The van der Waals surface area contributed by atoms with E-state index < -0.39 is 15.8 Å². The van der Waals surface area contributed by atoms with Crippen molar-refractivity contribution >= 4 is 22.4 Å². The number of nitrogens with one attached hydrogen (secondary N) is 1. The molecule has 0 radical (unpaired) electrons. The van der Waals surface area contributed by atoms with E-state index in [2.05, 4.69) is 5.32 Å². The molecule has 1 N–H and O–H groups in total. The van der Waals surface area contributed by atoms with Crippen LogP contribution >= 0.6 is 12.4 Å². The minimum Gasteiger partial charge on any atom is -0.316 e. The predicted molar refractivity (Wildman–Crippen MR) is 79.9 cm³/mol. The fraction of sp³-hybridized carbons (Fsp3) is 0.538. The van der Waals surface area contributed by atoms with Crippen LogP contribution < -0.4 is 5.32 Å². The molecule has 0 amide bonds. The van der Waals surface area contributed by atoms with E-state index in [4.69, 9.17) is 0 Å². The number of hydrogen-bond donors (Lipinski definition) is 1. The fourth-order valence-corrected chi connectivity index (χ4v) is 3.96. The highest BCUT2D eigenvalue weighted by atomic mass is 35.5. The van der Waals surface area contributed by atoms with E-state index in [1.165, 1.54) is 22.5 Å². The molecule has 1 heterocycles. The maximum absolute atomic E-state index is 13.1. The molecule has 1 atom stereocenters. The van der Waals surface area contributed by atoms with Gasteiger partial charge in [0.1, 0.15) is 5.82 Å². The molecule has 4 nitrogen and oxygen atoms in total. The molecule has 0 aromatic heterocycles. The molecule has 1 unspecified atom stereocenters. The summed E-state index contributed by atoms with van der Waals surface area (Å²) in [6.45, 7) is 1.05. The van der Waals surface area contributed by atoms with Crippen molar-refractivity contribution in [1.29, 1.82) is 0 Å². The quantitative estimate of drug-likeness (QED) is 0.919. The molecule has 0 saturated carbocycles. The Bertz CT molecular complexity index is 539. The van der Waals surface area contributed by atoms with Crippen LogP contribution in [0.4, 0.5) is 4.39 Å². The van der Waals surface area contributed by atoms with Crippen molar-refractivity contribution < 1.29 is 12.8 Å². The highest BCUT2D eigenvalue weighted by molar-refractivity contribution is 7.88. The van der Waals surface area contributed by atoms with E-state index in [9.17, 15) is 12.8 Å². The summed E-state index contributed by atoms with van der Waals surface area (Å²) in [7, 11) is -1.53. The number of hydrogen-bond acceptors (Lipinski definition) is 3. The summed E-state index contributed by atoms with van der Waals surface area (Å²) in [4.78, 5) is 0. The molecular formula is C13H20ClFN2O2S. The molecule has 0 spiro atoms. The Labute approximate surface area is 125 Å². The molecule has 1 saturated heterocycles. The van der Waals surface area contributed by atoms with Crippen LogP contribution in [0, 0.1) is 5.82 Å². The van der Waals surface area contributed by atoms with E-state index in [-0.39, 0.29) is 24.2 Å². The third-order valence-electron chi connectivity index (χ3n) is 3.42. The van der Waals surface area contributed by atoms with Crippen molar-refractivity contribution in [2.24, 2.45) is 0 Å². The van der Waals surface area contributed by atoms with Crippen molar-refractivity contribution in [1.82, 2.24) is 9.62 Å². The minimum absolute atomic E-state index is 0. The zero-order valence-electron chi connectivity index (χ0n) is 11.4. The Morgan fingerprint density at radius 3 is 2.85 bits per heavy atom. The molecular weight excluding hydrogens is 303 g/mol. The highest BCUT2D eigenvalue weighted by Gasteiger charge is 2.28. The number of piperidine rings is 1. The lowest BCUT2D eigenvalue weighted by Gasteiger charge is -2.31. The SMILES string of the molecule is CNC1CCCN(S(=O)(=O)Cc2cccc(F)c2)C1.Cl. The predicted octanol–water partition coefficient (Wildman–Crippen LogP) is 1.76. The van der Waals surface area contributed by atoms with E-state index in [1.54, 1.807) is 6.07 Å². The summed E-state index contributed by atoms with van der Waals surface area (Å²) in [5.74, 6) is -0.541. The second-order valence-electron chi connectivity index (χ2n) is 4.87. The molecule has 1 aromatic carbocycles. The summed E-state index contributed by atoms with van der Waals surface area (Å²) in [5, 5.41) is 3.11. The Kier molecular flexibility index (Phi) is 6.39. The molecule has 20 heavy (non-hydrogen) atoms. The second kappa shape index (κ2) is 7.36. The smallest absolute Gasteiger partial charge is 0.218 e. The zero-order valence-corrected chi connectivity index (χ0v) is 13.0. The van der Waals surface area contributed by atoms with Gasteiger partial charge in [-0.1, -0.05) is 12.1 Å². The first-order valence-electron chi connectivity index (χ1n) is 6.41. The number of halogens is 2. The molecule has 1 fully saturated rings. The zero-order chi connectivity index (χ0) is 13.9. The molecule has 2 rings (SSSR count). The Balaban J connectivity index is 0.00000200.